The van der Waals surface area contributed by atoms with Crippen LogP contribution in [0.5, 0.6) is 0 Å². The van der Waals surface area contributed by atoms with Crippen molar-refractivity contribution in [3.05, 3.63) is 29.3 Å². The van der Waals surface area contributed by atoms with Crippen LogP contribution < -0.4 is 4.72 Å². The SMILES string of the molecule is CCc1ccc(S(=O)(=O)N[C@H](C(=O)O)C(C)C)cc1CC. The van der Waals surface area contributed by atoms with Gasteiger partial charge in [0.2, 0.25) is 10.0 Å². The van der Waals surface area contributed by atoms with Gasteiger partial charge in [0.25, 0.3) is 0 Å². The summed E-state index contributed by atoms with van der Waals surface area (Å²) in [5, 5.41) is 9.11. The second kappa shape index (κ2) is 7.04. The molecule has 0 aliphatic carbocycles. The lowest BCUT2D eigenvalue weighted by molar-refractivity contribution is -0.140. The number of hydrogen-bond donors (Lipinski definition) is 2. The molecule has 0 spiro atoms. The molecule has 6 heteroatoms. The van der Waals surface area contributed by atoms with Gasteiger partial charge in [-0.15, -0.1) is 0 Å². The maximum atomic E-state index is 12.3. The van der Waals surface area contributed by atoms with E-state index in [9.17, 15) is 13.2 Å². The summed E-state index contributed by atoms with van der Waals surface area (Å²) in [6, 6.07) is 3.81. The van der Waals surface area contributed by atoms with E-state index in [4.69, 9.17) is 5.11 Å². The Balaban J connectivity index is 3.16. The topological polar surface area (TPSA) is 83.5 Å². The van der Waals surface area contributed by atoms with E-state index < -0.39 is 22.0 Å². The lowest BCUT2D eigenvalue weighted by Crippen LogP contribution is -2.44. The smallest absolute Gasteiger partial charge is 0.322 e. The third kappa shape index (κ3) is 4.28. The van der Waals surface area contributed by atoms with Crippen molar-refractivity contribution in [2.75, 3.05) is 0 Å². The van der Waals surface area contributed by atoms with E-state index in [1.54, 1.807) is 26.0 Å². The fraction of sp³-hybridized carbons (Fsp3) is 0.533. The van der Waals surface area contributed by atoms with Crippen LogP contribution in [0.15, 0.2) is 23.1 Å². The van der Waals surface area contributed by atoms with Gasteiger partial charge >= 0.3 is 5.97 Å². The Bertz CT molecular complexity index is 608. The van der Waals surface area contributed by atoms with Crippen molar-refractivity contribution in [1.82, 2.24) is 4.72 Å². The Morgan fingerprint density at radius 3 is 2.19 bits per heavy atom. The van der Waals surface area contributed by atoms with E-state index in [-0.39, 0.29) is 10.8 Å². The Morgan fingerprint density at radius 2 is 1.76 bits per heavy atom. The fourth-order valence-electron chi connectivity index (χ4n) is 2.15. The first kappa shape index (κ1) is 17.7. The molecule has 0 radical (unpaired) electrons. The van der Waals surface area contributed by atoms with Crippen LogP contribution in [0.1, 0.15) is 38.8 Å². The van der Waals surface area contributed by atoms with Crippen molar-refractivity contribution < 1.29 is 18.3 Å². The van der Waals surface area contributed by atoms with Crippen LogP contribution in [0.25, 0.3) is 0 Å². The first-order chi connectivity index (χ1) is 9.72. The third-order valence-electron chi connectivity index (χ3n) is 3.46. The van der Waals surface area contributed by atoms with Gasteiger partial charge in [0.15, 0.2) is 0 Å². The number of nitrogens with one attached hydrogen (secondary N) is 1. The van der Waals surface area contributed by atoms with Crippen LogP contribution in [0, 0.1) is 5.92 Å². The Morgan fingerprint density at radius 1 is 1.19 bits per heavy atom. The molecule has 0 saturated carbocycles. The Kier molecular flexibility index (Phi) is 5.92. The number of aryl methyl sites for hydroxylation is 2. The van der Waals surface area contributed by atoms with E-state index >= 15 is 0 Å². The molecule has 1 aromatic rings. The van der Waals surface area contributed by atoms with Gasteiger partial charge in [-0.25, -0.2) is 8.42 Å². The number of sulfonamides is 1. The molecular weight excluding hydrogens is 290 g/mol. The highest BCUT2D eigenvalue weighted by Crippen LogP contribution is 2.18. The molecule has 0 unspecified atom stereocenters. The summed E-state index contributed by atoms with van der Waals surface area (Å²) in [5.74, 6) is -1.51. The molecule has 2 N–H and O–H groups in total. The van der Waals surface area contributed by atoms with Crippen molar-refractivity contribution in [1.29, 1.82) is 0 Å². The summed E-state index contributed by atoms with van der Waals surface area (Å²) < 4.78 is 27.0. The second-order valence-corrected chi connectivity index (χ2v) is 7.03. The highest BCUT2D eigenvalue weighted by atomic mass is 32.2. The van der Waals surface area contributed by atoms with Crippen LogP contribution in [0.2, 0.25) is 0 Å². The molecule has 0 bridgehead atoms. The molecule has 0 aliphatic rings. The molecule has 1 atom stereocenters. The zero-order valence-corrected chi connectivity index (χ0v) is 13.7. The highest BCUT2D eigenvalue weighted by molar-refractivity contribution is 7.89. The number of rotatable bonds is 7. The van der Waals surface area contributed by atoms with Crippen LogP contribution in [0.3, 0.4) is 0 Å². The van der Waals surface area contributed by atoms with Gasteiger partial charge in [0.1, 0.15) is 6.04 Å². The molecule has 0 aromatic heterocycles. The van der Waals surface area contributed by atoms with Crippen molar-refractivity contribution in [2.45, 2.75) is 51.5 Å². The zero-order chi connectivity index (χ0) is 16.2. The molecule has 5 nitrogen and oxygen atoms in total. The van der Waals surface area contributed by atoms with Crippen molar-refractivity contribution in [2.24, 2.45) is 5.92 Å². The predicted octanol–water partition coefficient (Wildman–Crippen LogP) is 2.20. The van der Waals surface area contributed by atoms with Gasteiger partial charge in [-0.05, 0) is 42.0 Å². The molecular formula is C15H23NO4S. The van der Waals surface area contributed by atoms with E-state index in [1.165, 1.54) is 6.07 Å². The average molecular weight is 313 g/mol. The van der Waals surface area contributed by atoms with Crippen LogP contribution in [-0.4, -0.2) is 25.5 Å². The van der Waals surface area contributed by atoms with Crippen molar-refractivity contribution in [3.8, 4) is 0 Å². The average Bonchev–Trinajstić information content (AvgIpc) is 2.43. The molecule has 0 saturated heterocycles. The minimum Gasteiger partial charge on any atom is -0.480 e. The number of carbonyl (C=O) groups is 1. The Hall–Kier alpha value is -1.40. The number of carboxylic acids is 1. The van der Waals surface area contributed by atoms with Gasteiger partial charge in [0, 0.05) is 0 Å². The summed E-state index contributed by atoms with van der Waals surface area (Å²) in [6.07, 6.45) is 1.57. The summed E-state index contributed by atoms with van der Waals surface area (Å²) >= 11 is 0. The predicted molar refractivity (Wildman–Crippen MR) is 81.8 cm³/mol. The number of benzene rings is 1. The largest absolute Gasteiger partial charge is 0.480 e. The third-order valence-corrected chi connectivity index (χ3v) is 4.90. The monoisotopic (exact) mass is 313 g/mol. The maximum Gasteiger partial charge on any atom is 0.322 e. The van der Waals surface area contributed by atoms with Crippen molar-refractivity contribution >= 4 is 16.0 Å². The molecule has 0 fully saturated rings. The van der Waals surface area contributed by atoms with Crippen LogP contribution in [-0.2, 0) is 27.7 Å². The van der Waals surface area contributed by atoms with E-state index in [0.717, 1.165) is 24.0 Å². The summed E-state index contributed by atoms with van der Waals surface area (Å²) in [7, 11) is -3.84. The number of aliphatic carboxylic acids is 1. The molecule has 1 rings (SSSR count). The maximum absolute atomic E-state index is 12.3. The van der Waals surface area contributed by atoms with Gasteiger partial charge in [0.05, 0.1) is 4.90 Å². The lowest BCUT2D eigenvalue weighted by atomic mass is 10.0. The molecule has 21 heavy (non-hydrogen) atoms. The molecule has 1 aromatic carbocycles. The van der Waals surface area contributed by atoms with Gasteiger partial charge < -0.3 is 5.11 Å². The fourth-order valence-corrected chi connectivity index (χ4v) is 3.54. The quantitative estimate of drug-likeness (QED) is 0.808. The number of hydrogen-bond acceptors (Lipinski definition) is 3. The highest BCUT2D eigenvalue weighted by Gasteiger charge is 2.28. The van der Waals surface area contributed by atoms with E-state index in [2.05, 4.69) is 4.72 Å². The molecule has 0 amide bonds. The normalized spacial score (nSPS) is 13.4. The Labute approximate surface area is 126 Å². The van der Waals surface area contributed by atoms with Gasteiger partial charge in [-0.2, -0.15) is 4.72 Å². The summed E-state index contributed by atoms with van der Waals surface area (Å²) in [6.45, 7) is 7.31. The van der Waals surface area contributed by atoms with E-state index in [0.29, 0.717) is 0 Å². The van der Waals surface area contributed by atoms with Gasteiger partial charge in [-0.3, -0.25) is 4.79 Å². The van der Waals surface area contributed by atoms with Crippen LogP contribution in [0.4, 0.5) is 0 Å². The molecule has 0 aliphatic heterocycles. The molecule has 0 heterocycles. The first-order valence-corrected chi connectivity index (χ1v) is 8.58. The lowest BCUT2D eigenvalue weighted by Gasteiger charge is -2.18. The minimum absolute atomic E-state index is 0.114. The first-order valence-electron chi connectivity index (χ1n) is 7.09. The van der Waals surface area contributed by atoms with E-state index in [1.807, 2.05) is 13.8 Å². The van der Waals surface area contributed by atoms with Crippen LogP contribution >= 0.6 is 0 Å². The minimum atomic E-state index is -3.84. The standard InChI is InChI=1S/C15H23NO4S/c1-5-11-7-8-13(9-12(11)6-2)21(19,20)16-14(10(3)4)15(17)18/h7-10,14,16H,5-6H2,1-4H3,(H,17,18)/t14-/m0/s1. The molecule has 118 valence electrons. The second-order valence-electron chi connectivity index (χ2n) is 5.32. The van der Waals surface area contributed by atoms with Crippen molar-refractivity contribution in [3.63, 3.8) is 0 Å². The summed E-state index contributed by atoms with van der Waals surface area (Å²) in [5.41, 5.74) is 2.08. The summed E-state index contributed by atoms with van der Waals surface area (Å²) in [4.78, 5) is 11.3. The zero-order valence-electron chi connectivity index (χ0n) is 12.9. The number of carboxylic acid groups (broad SMARTS) is 1. The van der Waals surface area contributed by atoms with Gasteiger partial charge in [-0.1, -0.05) is 33.8 Å².